The standard InChI is InChI=1S/C13H19BrN2O2S.ClH/c1-10-4-2-6-12(13(10)14)19(17,18)16-9-11-5-3-7-15-8-11;/h2,4,6,11,15-16H,3,5,7-9H2,1H3;1H. The summed E-state index contributed by atoms with van der Waals surface area (Å²) in [6.45, 7) is 4.30. The van der Waals surface area contributed by atoms with Gasteiger partial charge >= 0.3 is 0 Å². The van der Waals surface area contributed by atoms with Crippen molar-refractivity contribution in [3.05, 3.63) is 28.2 Å². The zero-order chi connectivity index (χ0) is 13.9. The average molecular weight is 384 g/mol. The smallest absolute Gasteiger partial charge is 0.241 e. The molecular formula is C13H20BrClN2O2S. The molecule has 0 spiro atoms. The Morgan fingerprint density at radius 1 is 1.45 bits per heavy atom. The quantitative estimate of drug-likeness (QED) is 0.839. The lowest BCUT2D eigenvalue weighted by Crippen LogP contribution is -2.38. The van der Waals surface area contributed by atoms with E-state index in [2.05, 4.69) is 26.0 Å². The molecule has 0 aromatic heterocycles. The van der Waals surface area contributed by atoms with Gasteiger partial charge in [-0.25, -0.2) is 13.1 Å². The number of hydrogen-bond acceptors (Lipinski definition) is 3. The Hall–Kier alpha value is -0.140. The molecule has 1 aliphatic heterocycles. The summed E-state index contributed by atoms with van der Waals surface area (Å²) in [5, 5.41) is 3.29. The molecule has 20 heavy (non-hydrogen) atoms. The van der Waals surface area contributed by atoms with E-state index >= 15 is 0 Å². The van der Waals surface area contributed by atoms with Crippen LogP contribution in [-0.2, 0) is 10.0 Å². The maximum absolute atomic E-state index is 12.3. The van der Waals surface area contributed by atoms with Gasteiger partial charge in [0.15, 0.2) is 0 Å². The summed E-state index contributed by atoms with van der Waals surface area (Å²) >= 11 is 3.35. The van der Waals surface area contributed by atoms with Gasteiger partial charge in [0.1, 0.15) is 0 Å². The molecular weight excluding hydrogens is 364 g/mol. The van der Waals surface area contributed by atoms with Crippen molar-refractivity contribution in [2.45, 2.75) is 24.7 Å². The third-order valence-electron chi connectivity index (χ3n) is 3.41. The molecule has 0 radical (unpaired) electrons. The second kappa shape index (κ2) is 7.75. The van der Waals surface area contributed by atoms with Gasteiger partial charge in [-0.15, -0.1) is 12.4 Å². The van der Waals surface area contributed by atoms with Gasteiger partial charge in [0.05, 0.1) is 4.90 Å². The fourth-order valence-electron chi connectivity index (χ4n) is 2.23. The van der Waals surface area contributed by atoms with Crippen molar-refractivity contribution in [1.82, 2.24) is 10.0 Å². The molecule has 0 bridgehead atoms. The second-order valence-corrected chi connectivity index (χ2v) is 7.48. The summed E-state index contributed by atoms with van der Waals surface area (Å²) in [4.78, 5) is 0.316. The fourth-order valence-corrected chi connectivity index (χ4v) is 4.40. The number of nitrogens with one attached hydrogen (secondary N) is 2. The summed E-state index contributed by atoms with van der Waals surface area (Å²) in [7, 11) is -3.44. The minimum absolute atomic E-state index is 0. The molecule has 1 saturated heterocycles. The average Bonchev–Trinajstić information content (AvgIpc) is 2.41. The van der Waals surface area contributed by atoms with Gasteiger partial charge < -0.3 is 5.32 Å². The highest BCUT2D eigenvalue weighted by atomic mass is 79.9. The van der Waals surface area contributed by atoms with Gasteiger partial charge in [-0.05, 0) is 66.3 Å². The van der Waals surface area contributed by atoms with Crippen LogP contribution in [0.2, 0.25) is 0 Å². The molecule has 2 rings (SSSR count). The van der Waals surface area contributed by atoms with Crippen molar-refractivity contribution in [2.75, 3.05) is 19.6 Å². The van der Waals surface area contributed by atoms with Crippen LogP contribution in [0.1, 0.15) is 18.4 Å². The molecule has 7 heteroatoms. The van der Waals surface area contributed by atoms with Crippen LogP contribution in [0, 0.1) is 12.8 Å². The normalized spacial score (nSPS) is 19.4. The van der Waals surface area contributed by atoms with Crippen LogP contribution in [0.5, 0.6) is 0 Å². The number of rotatable bonds is 4. The minimum Gasteiger partial charge on any atom is -0.316 e. The molecule has 1 atom stereocenters. The molecule has 2 N–H and O–H groups in total. The molecule has 1 aromatic rings. The maximum atomic E-state index is 12.3. The van der Waals surface area contributed by atoms with Crippen molar-refractivity contribution >= 4 is 38.4 Å². The second-order valence-electron chi connectivity index (χ2n) is 4.95. The molecule has 1 aliphatic rings. The van der Waals surface area contributed by atoms with E-state index in [9.17, 15) is 8.42 Å². The first-order valence-electron chi connectivity index (χ1n) is 6.46. The number of benzene rings is 1. The lowest BCUT2D eigenvalue weighted by Gasteiger charge is -2.23. The molecule has 0 saturated carbocycles. The first kappa shape index (κ1) is 17.9. The summed E-state index contributed by atoms with van der Waals surface area (Å²) in [6, 6.07) is 5.27. The molecule has 114 valence electrons. The van der Waals surface area contributed by atoms with Crippen molar-refractivity contribution in [3.63, 3.8) is 0 Å². The van der Waals surface area contributed by atoms with Gasteiger partial charge in [-0.2, -0.15) is 0 Å². The highest BCUT2D eigenvalue weighted by Gasteiger charge is 2.21. The fraction of sp³-hybridized carbons (Fsp3) is 0.538. The van der Waals surface area contributed by atoms with Crippen LogP contribution >= 0.6 is 28.3 Å². The topological polar surface area (TPSA) is 58.2 Å². The maximum Gasteiger partial charge on any atom is 0.241 e. The number of aryl methyl sites for hydroxylation is 1. The van der Waals surface area contributed by atoms with E-state index in [1.165, 1.54) is 0 Å². The molecule has 1 heterocycles. The van der Waals surface area contributed by atoms with E-state index < -0.39 is 10.0 Å². The third kappa shape index (κ3) is 4.43. The summed E-state index contributed by atoms with van der Waals surface area (Å²) < 4.78 is 27.9. The van der Waals surface area contributed by atoms with Gasteiger partial charge in [0, 0.05) is 11.0 Å². The lowest BCUT2D eigenvalue weighted by molar-refractivity contribution is 0.376. The Bertz CT molecular complexity index is 545. The molecule has 4 nitrogen and oxygen atoms in total. The first-order chi connectivity index (χ1) is 9.00. The Morgan fingerprint density at radius 3 is 2.85 bits per heavy atom. The highest BCUT2D eigenvalue weighted by Crippen LogP contribution is 2.25. The van der Waals surface area contributed by atoms with Crippen LogP contribution in [0.3, 0.4) is 0 Å². The SMILES string of the molecule is Cc1cccc(S(=O)(=O)NCC2CCCNC2)c1Br.Cl. The summed E-state index contributed by atoms with van der Waals surface area (Å²) in [5.41, 5.74) is 0.919. The van der Waals surface area contributed by atoms with Gasteiger partial charge in [-0.1, -0.05) is 12.1 Å². The number of hydrogen-bond donors (Lipinski definition) is 2. The zero-order valence-electron chi connectivity index (χ0n) is 11.4. The van der Waals surface area contributed by atoms with Crippen LogP contribution < -0.4 is 10.0 Å². The first-order valence-corrected chi connectivity index (χ1v) is 8.74. The van der Waals surface area contributed by atoms with Crippen molar-refractivity contribution in [1.29, 1.82) is 0 Å². The Labute approximate surface area is 135 Å². The van der Waals surface area contributed by atoms with Gasteiger partial charge in [0.25, 0.3) is 0 Å². The van der Waals surface area contributed by atoms with E-state index in [0.717, 1.165) is 31.5 Å². The van der Waals surface area contributed by atoms with Crippen molar-refractivity contribution in [3.8, 4) is 0 Å². The van der Waals surface area contributed by atoms with Crippen LogP contribution in [-0.4, -0.2) is 28.1 Å². The highest BCUT2D eigenvalue weighted by molar-refractivity contribution is 9.10. The van der Waals surface area contributed by atoms with E-state index in [-0.39, 0.29) is 12.4 Å². The Kier molecular flexibility index (Phi) is 6.94. The van der Waals surface area contributed by atoms with Crippen molar-refractivity contribution in [2.24, 2.45) is 5.92 Å². The zero-order valence-corrected chi connectivity index (χ0v) is 14.6. The van der Waals surface area contributed by atoms with Crippen LogP contribution in [0.25, 0.3) is 0 Å². The van der Waals surface area contributed by atoms with E-state index in [1.807, 2.05) is 13.0 Å². The predicted octanol–water partition coefficient (Wildman–Crippen LogP) is 2.46. The monoisotopic (exact) mass is 382 g/mol. The van der Waals surface area contributed by atoms with Gasteiger partial charge in [0.2, 0.25) is 10.0 Å². The number of halogens is 2. The molecule has 1 unspecified atom stereocenters. The van der Waals surface area contributed by atoms with E-state index in [4.69, 9.17) is 0 Å². The molecule has 1 fully saturated rings. The van der Waals surface area contributed by atoms with E-state index in [0.29, 0.717) is 21.8 Å². The van der Waals surface area contributed by atoms with E-state index in [1.54, 1.807) is 12.1 Å². The number of sulfonamides is 1. The Balaban J connectivity index is 0.00000200. The third-order valence-corrected chi connectivity index (χ3v) is 6.19. The summed E-state index contributed by atoms with van der Waals surface area (Å²) in [5.74, 6) is 0.382. The molecule has 0 aliphatic carbocycles. The number of piperidine rings is 1. The van der Waals surface area contributed by atoms with Crippen LogP contribution in [0.4, 0.5) is 0 Å². The summed E-state index contributed by atoms with van der Waals surface area (Å²) in [6.07, 6.45) is 2.19. The largest absolute Gasteiger partial charge is 0.316 e. The lowest BCUT2D eigenvalue weighted by atomic mass is 10.0. The Morgan fingerprint density at radius 2 is 2.20 bits per heavy atom. The predicted molar refractivity (Wildman–Crippen MR) is 86.9 cm³/mol. The molecule has 0 amide bonds. The minimum atomic E-state index is -3.44. The van der Waals surface area contributed by atoms with Crippen molar-refractivity contribution < 1.29 is 8.42 Å². The van der Waals surface area contributed by atoms with Gasteiger partial charge in [-0.3, -0.25) is 0 Å². The van der Waals surface area contributed by atoms with Crippen LogP contribution in [0.15, 0.2) is 27.6 Å². The molecule has 1 aromatic carbocycles.